The number of hydrogen-bond acceptors (Lipinski definition) is 4. The molecule has 2 N–H and O–H groups in total. The van der Waals surface area contributed by atoms with Gasteiger partial charge in [-0.3, -0.25) is 0 Å². The Hall–Kier alpha value is -0.710. The molecule has 1 aromatic carbocycles. The Labute approximate surface area is 121 Å². The average Bonchev–Trinajstić information content (AvgIpc) is 2.46. The van der Waals surface area contributed by atoms with E-state index in [4.69, 9.17) is 5.73 Å². The molecule has 0 aliphatic carbocycles. The van der Waals surface area contributed by atoms with E-state index in [0.717, 1.165) is 19.1 Å². The van der Waals surface area contributed by atoms with Crippen molar-refractivity contribution >= 4 is 17.4 Å². The van der Waals surface area contributed by atoms with E-state index >= 15 is 0 Å². The van der Waals surface area contributed by atoms with Gasteiger partial charge in [-0.05, 0) is 45.3 Å². The van der Waals surface area contributed by atoms with E-state index in [2.05, 4.69) is 48.4 Å². The van der Waals surface area contributed by atoms with E-state index in [-0.39, 0.29) is 0 Å². The topological polar surface area (TPSA) is 32.5 Å². The van der Waals surface area contributed by atoms with Gasteiger partial charge in [0.25, 0.3) is 0 Å². The molecule has 1 heterocycles. The van der Waals surface area contributed by atoms with Crippen molar-refractivity contribution in [2.45, 2.75) is 30.3 Å². The second-order valence-electron chi connectivity index (χ2n) is 5.34. The Bertz CT molecular complexity index is 412. The van der Waals surface area contributed by atoms with Crippen LogP contribution in [0, 0.1) is 0 Å². The molecule has 0 spiro atoms. The van der Waals surface area contributed by atoms with Gasteiger partial charge in [0.2, 0.25) is 0 Å². The Kier molecular flexibility index (Phi) is 5.13. The predicted molar refractivity (Wildman–Crippen MR) is 85.0 cm³/mol. The lowest BCUT2D eigenvalue weighted by Crippen LogP contribution is -2.42. The number of rotatable bonds is 4. The van der Waals surface area contributed by atoms with Gasteiger partial charge in [0.1, 0.15) is 0 Å². The summed E-state index contributed by atoms with van der Waals surface area (Å²) in [5.41, 5.74) is 8.60. The molecule has 1 aliphatic heterocycles. The zero-order valence-corrected chi connectivity index (χ0v) is 13.0. The molecular weight excluding hydrogens is 254 g/mol. The van der Waals surface area contributed by atoms with Crippen molar-refractivity contribution in [3.05, 3.63) is 23.8 Å². The monoisotopic (exact) mass is 279 g/mol. The van der Waals surface area contributed by atoms with Gasteiger partial charge in [-0.2, -0.15) is 0 Å². The molecule has 0 saturated carbocycles. The van der Waals surface area contributed by atoms with Crippen molar-refractivity contribution in [2.24, 2.45) is 5.73 Å². The molecule has 1 saturated heterocycles. The summed E-state index contributed by atoms with van der Waals surface area (Å²) in [4.78, 5) is 6.16. The highest BCUT2D eigenvalue weighted by molar-refractivity contribution is 7.98. The molecule has 0 aromatic heterocycles. The molecule has 0 amide bonds. The lowest BCUT2D eigenvalue weighted by atomic mass is 10.0. The van der Waals surface area contributed by atoms with Crippen LogP contribution in [0.1, 0.15) is 18.4 Å². The van der Waals surface area contributed by atoms with Gasteiger partial charge in [0, 0.05) is 41.8 Å². The second kappa shape index (κ2) is 6.64. The van der Waals surface area contributed by atoms with Crippen LogP contribution in [0.15, 0.2) is 23.1 Å². The molecule has 1 aliphatic rings. The molecule has 1 aromatic rings. The van der Waals surface area contributed by atoms with Crippen molar-refractivity contribution in [3.63, 3.8) is 0 Å². The minimum absolute atomic E-state index is 0.625. The fourth-order valence-corrected chi connectivity index (χ4v) is 3.52. The third-order valence-corrected chi connectivity index (χ3v) is 4.89. The van der Waals surface area contributed by atoms with Crippen molar-refractivity contribution in [1.29, 1.82) is 0 Å². The smallest absolute Gasteiger partial charge is 0.0423 e. The van der Waals surface area contributed by atoms with Crippen LogP contribution in [0.3, 0.4) is 0 Å². The maximum absolute atomic E-state index is 5.96. The van der Waals surface area contributed by atoms with Gasteiger partial charge in [-0.1, -0.05) is 6.07 Å². The summed E-state index contributed by atoms with van der Waals surface area (Å²) >= 11 is 1.79. The molecule has 19 heavy (non-hydrogen) atoms. The lowest BCUT2D eigenvalue weighted by molar-refractivity contribution is 0.249. The Balaban J connectivity index is 2.15. The summed E-state index contributed by atoms with van der Waals surface area (Å²) in [5, 5.41) is 0. The zero-order valence-electron chi connectivity index (χ0n) is 12.2. The molecule has 1 fully saturated rings. The molecular formula is C15H25N3S. The number of hydrogen-bond donors (Lipinski definition) is 1. The standard InChI is InChI=1S/C15H25N3S/c1-17(2)12-7-9-18(10-8-12)14-5-4-6-15(19-3)13(14)11-16/h4-6,12H,7-11,16H2,1-3H3. The maximum atomic E-state index is 5.96. The maximum Gasteiger partial charge on any atom is 0.0423 e. The van der Waals surface area contributed by atoms with E-state index in [9.17, 15) is 0 Å². The van der Waals surface area contributed by atoms with Gasteiger partial charge in [-0.25, -0.2) is 0 Å². The molecule has 3 nitrogen and oxygen atoms in total. The minimum Gasteiger partial charge on any atom is -0.371 e. The molecule has 2 rings (SSSR count). The third kappa shape index (κ3) is 3.25. The van der Waals surface area contributed by atoms with Crippen LogP contribution in [0.25, 0.3) is 0 Å². The van der Waals surface area contributed by atoms with Crippen LogP contribution in [0.2, 0.25) is 0 Å². The highest BCUT2D eigenvalue weighted by Crippen LogP contribution is 2.31. The van der Waals surface area contributed by atoms with E-state index in [1.54, 1.807) is 11.8 Å². The Morgan fingerprint density at radius 3 is 2.53 bits per heavy atom. The minimum atomic E-state index is 0.625. The molecule has 106 valence electrons. The van der Waals surface area contributed by atoms with Gasteiger partial charge in [0.15, 0.2) is 0 Å². The van der Waals surface area contributed by atoms with E-state index in [1.165, 1.54) is 29.0 Å². The zero-order chi connectivity index (χ0) is 13.8. The first-order valence-corrected chi connectivity index (χ1v) is 8.17. The average molecular weight is 279 g/mol. The van der Waals surface area contributed by atoms with Crippen LogP contribution in [-0.4, -0.2) is 44.4 Å². The first-order chi connectivity index (χ1) is 9.17. The van der Waals surface area contributed by atoms with Gasteiger partial charge < -0.3 is 15.5 Å². The fraction of sp³-hybridized carbons (Fsp3) is 0.600. The first-order valence-electron chi connectivity index (χ1n) is 6.94. The normalized spacial score (nSPS) is 17.2. The van der Waals surface area contributed by atoms with Crippen LogP contribution in [0.5, 0.6) is 0 Å². The van der Waals surface area contributed by atoms with Gasteiger partial charge in [-0.15, -0.1) is 11.8 Å². The summed E-state index contributed by atoms with van der Waals surface area (Å²) in [7, 11) is 4.36. The van der Waals surface area contributed by atoms with Crippen molar-refractivity contribution in [2.75, 3.05) is 38.3 Å². The number of nitrogens with zero attached hydrogens (tertiary/aromatic N) is 2. The Morgan fingerprint density at radius 1 is 1.32 bits per heavy atom. The van der Waals surface area contributed by atoms with E-state index in [0.29, 0.717) is 6.54 Å². The summed E-state index contributed by atoms with van der Waals surface area (Å²) < 4.78 is 0. The lowest BCUT2D eigenvalue weighted by Gasteiger charge is -2.37. The predicted octanol–water partition coefficient (Wildman–Crippen LogP) is 2.40. The van der Waals surface area contributed by atoms with E-state index in [1.807, 2.05) is 0 Å². The summed E-state index contributed by atoms with van der Waals surface area (Å²) in [6.45, 7) is 2.89. The summed E-state index contributed by atoms with van der Waals surface area (Å²) in [5.74, 6) is 0. The molecule has 0 radical (unpaired) electrons. The molecule has 0 unspecified atom stereocenters. The summed E-state index contributed by atoms with van der Waals surface area (Å²) in [6, 6.07) is 7.26. The van der Waals surface area contributed by atoms with Crippen LogP contribution in [-0.2, 0) is 6.54 Å². The highest BCUT2D eigenvalue weighted by atomic mass is 32.2. The third-order valence-electron chi connectivity index (χ3n) is 4.07. The number of benzene rings is 1. The fourth-order valence-electron chi connectivity index (χ4n) is 2.87. The molecule has 4 heteroatoms. The highest BCUT2D eigenvalue weighted by Gasteiger charge is 2.22. The second-order valence-corrected chi connectivity index (χ2v) is 6.19. The molecule has 0 bridgehead atoms. The number of thioether (sulfide) groups is 1. The first kappa shape index (κ1) is 14.7. The van der Waals surface area contributed by atoms with Gasteiger partial charge >= 0.3 is 0 Å². The number of anilines is 1. The number of piperidine rings is 1. The van der Waals surface area contributed by atoms with Crippen LogP contribution in [0.4, 0.5) is 5.69 Å². The van der Waals surface area contributed by atoms with Crippen molar-refractivity contribution < 1.29 is 0 Å². The van der Waals surface area contributed by atoms with Crippen molar-refractivity contribution in [3.8, 4) is 0 Å². The Morgan fingerprint density at radius 2 is 2.00 bits per heavy atom. The van der Waals surface area contributed by atoms with E-state index < -0.39 is 0 Å². The van der Waals surface area contributed by atoms with Crippen molar-refractivity contribution in [1.82, 2.24) is 4.90 Å². The SMILES string of the molecule is CSc1cccc(N2CCC(N(C)C)CC2)c1CN. The number of nitrogens with two attached hydrogens (primary N) is 1. The van der Waals surface area contributed by atoms with Crippen LogP contribution < -0.4 is 10.6 Å². The molecule has 0 atom stereocenters. The quantitative estimate of drug-likeness (QED) is 0.858. The van der Waals surface area contributed by atoms with Gasteiger partial charge in [0.05, 0.1) is 0 Å². The van der Waals surface area contributed by atoms with Crippen LogP contribution >= 0.6 is 11.8 Å². The summed E-state index contributed by atoms with van der Waals surface area (Å²) in [6.07, 6.45) is 4.59. The largest absolute Gasteiger partial charge is 0.371 e.